The summed E-state index contributed by atoms with van der Waals surface area (Å²) in [7, 11) is 0. The molecule has 1 aliphatic carbocycles. The van der Waals surface area contributed by atoms with Gasteiger partial charge in [-0.25, -0.2) is 0 Å². The molecule has 0 saturated heterocycles. The predicted molar refractivity (Wildman–Crippen MR) is 77.4 cm³/mol. The Labute approximate surface area is 113 Å². The normalized spacial score (nSPS) is 18.1. The fourth-order valence-corrected chi connectivity index (χ4v) is 2.99. The number of hydrogen-bond acceptors (Lipinski definition) is 1. The topological polar surface area (TPSA) is 12.0 Å². The van der Waals surface area contributed by atoms with Crippen molar-refractivity contribution < 1.29 is 0 Å². The van der Waals surface area contributed by atoms with Gasteiger partial charge in [0.05, 0.1) is 0 Å². The summed E-state index contributed by atoms with van der Waals surface area (Å²) in [4.78, 5) is 0. The Morgan fingerprint density at radius 1 is 1.35 bits per heavy atom. The van der Waals surface area contributed by atoms with Gasteiger partial charge < -0.3 is 5.32 Å². The molecular formula is C15H22BrN. The van der Waals surface area contributed by atoms with E-state index in [-0.39, 0.29) is 0 Å². The molecule has 0 spiro atoms. The van der Waals surface area contributed by atoms with E-state index in [1.165, 1.54) is 29.3 Å². The number of halogens is 1. The molecule has 0 aliphatic heterocycles. The lowest BCUT2D eigenvalue weighted by Crippen LogP contribution is -2.44. The van der Waals surface area contributed by atoms with Gasteiger partial charge in [-0.1, -0.05) is 48.3 Å². The Hall–Kier alpha value is -0.340. The predicted octanol–water partition coefficient (Wildman–Crippen LogP) is 4.12. The van der Waals surface area contributed by atoms with E-state index in [9.17, 15) is 0 Å². The third kappa shape index (κ3) is 3.11. The molecule has 1 fully saturated rings. The first kappa shape index (κ1) is 13.1. The lowest BCUT2D eigenvalue weighted by Gasteiger charge is -2.43. The van der Waals surface area contributed by atoms with Crippen LogP contribution in [0.1, 0.15) is 38.7 Å². The number of rotatable bonds is 5. The Balaban J connectivity index is 2.04. The zero-order valence-corrected chi connectivity index (χ0v) is 12.4. The lowest BCUT2D eigenvalue weighted by atomic mass is 9.64. The van der Waals surface area contributed by atoms with Gasteiger partial charge >= 0.3 is 0 Å². The summed E-state index contributed by atoms with van der Waals surface area (Å²) in [5.74, 6) is 0.731. The van der Waals surface area contributed by atoms with E-state index in [4.69, 9.17) is 0 Å². The third-order valence-electron chi connectivity index (χ3n) is 3.76. The second kappa shape index (κ2) is 5.53. The molecule has 1 aliphatic rings. The zero-order chi connectivity index (χ0) is 12.3. The van der Waals surface area contributed by atoms with Gasteiger partial charge in [-0.2, -0.15) is 0 Å². The van der Waals surface area contributed by atoms with Crippen molar-refractivity contribution in [3.05, 3.63) is 34.3 Å². The lowest BCUT2D eigenvalue weighted by molar-refractivity contribution is 0.231. The summed E-state index contributed by atoms with van der Waals surface area (Å²) in [6.07, 6.45) is 4.03. The van der Waals surface area contributed by atoms with E-state index < -0.39 is 0 Å². The fourth-order valence-electron chi connectivity index (χ4n) is 2.59. The van der Waals surface area contributed by atoms with Gasteiger partial charge in [0.15, 0.2) is 0 Å². The maximum atomic E-state index is 3.63. The van der Waals surface area contributed by atoms with Crippen LogP contribution in [0, 0.1) is 5.92 Å². The van der Waals surface area contributed by atoms with E-state index in [1.54, 1.807) is 0 Å². The van der Waals surface area contributed by atoms with Crippen LogP contribution in [0.3, 0.4) is 0 Å². The fraction of sp³-hybridized carbons (Fsp3) is 0.600. The SMILES string of the molecule is CC(C)CNCC1(c2cccc(Br)c2)CCC1. The van der Waals surface area contributed by atoms with Crippen LogP contribution < -0.4 is 5.32 Å². The van der Waals surface area contributed by atoms with Crippen LogP contribution in [0.2, 0.25) is 0 Å². The van der Waals surface area contributed by atoms with Crippen LogP contribution >= 0.6 is 15.9 Å². The highest BCUT2D eigenvalue weighted by Crippen LogP contribution is 2.43. The first-order valence-corrected chi connectivity index (χ1v) is 7.38. The first-order chi connectivity index (χ1) is 8.12. The Kier molecular flexibility index (Phi) is 4.26. The highest BCUT2D eigenvalue weighted by atomic mass is 79.9. The molecule has 2 heteroatoms. The smallest absolute Gasteiger partial charge is 0.0178 e. The molecule has 0 bridgehead atoms. The van der Waals surface area contributed by atoms with Crippen molar-refractivity contribution in [3.8, 4) is 0 Å². The highest BCUT2D eigenvalue weighted by Gasteiger charge is 2.38. The van der Waals surface area contributed by atoms with Crippen molar-refractivity contribution in [2.75, 3.05) is 13.1 Å². The van der Waals surface area contributed by atoms with Crippen LogP contribution in [0.5, 0.6) is 0 Å². The molecule has 1 N–H and O–H groups in total. The molecule has 0 amide bonds. The minimum absolute atomic E-state index is 0.401. The summed E-state index contributed by atoms with van der Waals surface area (Å²) in [5.41, 5.74) is 1.90. The monoisotopic (exact) mass is 295 g/mol. The Morgan fingerprint density at radius 3 is 2.65 bits per heavy atom. The van der Waals surface area contributed by atoms with E-state index >= 15 is 0 Å². The van der Waals surface area contributed by atoms with Gasteiger partial charge in [0, 0.05) is 16.4 Å². The molecule has 0 heterocycles. The molecule has 0 atom stereocenters. The first-order valence-electron chi connectivity index (χ1n) is 6.59. The van der Waals surface area contributed by atoms with Gasteiger partial charge in [0.25, 0.3) is 0 Å². The van der Waals surface area contributed by atoms with Crippen LogP contribution in [-0.2, 0) is 5.41 Å². The molecule has 1 saturated carbocycles. The Bertz CT molecular complexity index is 369. The zero-order valence-electron chi connectivity index (χ0n) is 10.8. The Morgan fingerprint density at radius 2 is 2.12 bits per heavy atom. The number of benzene rings is 1. The van der Waals surface area contributed by atoms with Crippen molar-refractivity contribution in [1.82, 2.24) is 5.32 Å². The average molecular weight is 296 g/mol. The van der Waals surface area contributed by atoms with Crippen LogP contribution in [0.25, 0.3) is 0 Å². The molecule has 0 radical (unpaired) electrons. The summed E-state index contributed by atoms with van der Waals surface area (Å²) < 4.78 is 1.20. The quantitative estimate of drug-likeness (QED) is 0.862. The van der Waals surface area contributed by atoms with Crippen LogP contribution in [0.15, 0.2) is 28.7 Å². The second-order valence-electron chi connectivity index (χ2n) is 5.67. The standard InChI is InChI=1S/C15H22BrN/c1-12(2)10-17-11-15(7-4-8-15)13-5-3-6-14(16)9-13/h3,5-6,9,12,17H,4,7-8,10-11H2,1-2H3. The highest BCUT2D eigenvalue weighted by molar-refractivity contribution is 9.10. The molecule has 1 aromatic carbocycles. The van der Waals surface area contributed by atoms with Gasteiger partial charge in [0.1, 0.15) is 0 Å². The van der Waals surface area contributed by atoms with Gasteiger partial charge in [0.2, 0.25) is 0 Å². The summed E-state index contributed by atoms with van der Waals surface area (Å²) in [5, 5.41) is 3.63. The van der Waals surface area contributed by atoms with Crippen molar-refractivity contribution in [1.29, 1.82) is 0 Å². The summed E-state index contributed by atoms with van der Waals surface area (Å²) >= 11 is 3.58. The molecule has 1 nitrogen and oxygen atoms in total. The van der Waals surface area contributed by atoms with Crippen molar-refractivity contribution in [2.24, 2.45) is 5.92 Å². The maximum absolute atomic E-state index is 3.63. The van der Waals surface area contributed by atoms with Crippen molar-refractivity contribution in [2.45, 2.75) is 38.5 Å². The molecule has 1 aromatic rings. The molecule has 17 heavy (non-hydrogen) atoms. The third-order valence-corrected chi connectivity index (χ3v) is 4.26. The van der Waals surface area contributed by atoms with E-state index in [0.717, 1.165) is 19.0 Å². The number of nitrogens with one attached hydrogen (secondary N) is 1. The van der Waals surface area contributed by atoms with Gasteiger partial charge in [-0.3, -0.25) is 0 Å². The van der Waals surface area contributed by atoms with Crippen molar-refractivity contribution >= 4 is 15.9 Å². The maximum Gasteiger partial charge on any atom is 0.0178 e. The molecule has 2 rings (SSSR count). The average Bonchev–Trinajstić information content (AvgIpc) is 2.21. The molecule has 0 aromatic heterocycles. The minimum atomic E-state index is 0.401. The van der Waals surface area contributed by atoms with Gasteiger partial charge in [-0.05, 0) is 43.0 Å². The molecule has 94 valence electrons. The van der Waals surface area contributed by atoms with Crippen molar-refractivity contribution in [3.63, 3.8) is 0 Å². The van der Waals surface area contributed by atoms with E-state index in [1.807, 2.05) is 0 Å². The number of hydrogen-bond donors (Lipinski definition) is 1. The second-order valence-corrected chi connectivity index (χ2v) is 6.58. The minimum Gasteiger partial charge on any atom is -0.316 e. The van der Waals surface area contributed by atoms with E-state index in [2.05, 4.69) is 59.4 Å². The molecular weight excluding hydrogens is 274 g/mol. The van der Waals surface area contributed by atoms with Crippen LogP contribution in [-0.4, -0.2) is 13.1 Å². The summed E-state index contributed by atoms with van der Waals surface area (Å²) in [6.45, 7) is 6.77. The van der Waals surface area contributed by atoms with Crippen LogP contribution in [0.4, 0.5) is 0 Å². The summed E-state index contributed by atoms with van der Waals surface area (Å²) in [6, 6.07) is 8.83. The van der Waals surface area contributed by atoms with E-state index in [0.29, 0.717) is 5.41 Å². The molecule has 0 unspecified atom stereocenters. The largest absolute Gasteiger partial charge is 0.316 e. The van der Waals surface area contributed by atoms with Gasteiger partial charge in [-0.15, -0.1) is 0 Å².